The minimum atomic E-state index is -1.17. The number of amides is 3. The SMILES string of the molecule is COC(=O)C(/C=C/CC(=O)C1(N2C(=O)c3ccccc3C2=O)CC1)NC(=O)OC(C)(C)C. The smallest absolute Gasteiger partial charge is 0.408 e. The van der Waals surface area contributed by atoms with E-state index in [0.29, 0.717) is 24.0 Å². The van der Waals surface area contributed by atoms with Crippen LogP contribution >= 0.6 is 0 Å². The highest BCUT2D eigenvalue weighted by Gasteiger charge is 2.60. The molecule has 9 heteroatoms. The maximum Gasteiger partial charge on any atom is 0.408 e. The molecule has 1 N–H and O–H groups in total. The predicted molar refractivity (Wildman–Crippen MR) is 113 cm³/mol. The molecule has 1 unspecified atom stereocenters. The number of esters is 1. The van der Waals surface area contributed by atoms with Gasteiger partial charge in [-0.25, -0.2) is 9.59 Å². The Hall–Kier alpha value is -3.49. The Balaban J connectivity index is 1.68. The van der Waals surface area contributed by atoms with Crippen molar-refractivity contribution in [2.75, 3.05) is 7.11 Å². The third-order valence-electron chi connectivity index (χ3n) is 5.22. The van der Waals surface area contributed by atoms with Crippen molar-refractivity contribution in [1.29, 1.82) is 0 Å². The fourth-order valence-corrected chi connectivity index (χ4v) is 3.57. The van der Waals surface area contributed by atoms with Gasteiger partial charge in [0.15, 0.2) is 5.78 Å². The van der Waals surface area contributed by atoms with Crippen molar-refractivity contribution >= 4 is 29.7 Å². The summed E-state index contributed by atoms with van der Waals surface area (Å²) in [4.78, 5) is 63.5. The lowest BCUT2D eigenvalue weighted by atomic mass is 10.0. The van der Waals surface area contributed by atoms with Gasteiger partial charge in [-0.3, -0.25) is 19.3 Å². The van der Waals surface area contributed by atoms with E-state index >= 15 is 0 Å². The van der Waals surface area contributed by atoms with E-state index in [4.69, 9.17) is 4.74 Å². The predicted octanol–water partition coefficient (Wildman–Crippen LogP) is 2.40. The fourth-order valence-electron chi connectivity index (χ4n) is 3.57. The molecule has 0 bridgehead atoms. The van der Waals surface area contributed by atoms with Gasteiger partial charge >= 0.3 is 12.1 Å². The average molecular weight is 442 g/mol. The number of imide groups is 1. The first-order valence-electron chi connectivity index (χ1n) is 10.3. The highest BCUT2D eigenvalue weighted by atomic mass is 16.6. The molecule has 32 heavy (non-hydrogen) atoms. The molecule has 0 aromatic heterocycles. The lowest BCUT2D eigenvalue weighted by molar-refractivity contribution is -0.141. The number of alkyl carbamates (subject to hydrolysis) is 1. The molecule has 1 saturated carbocycles. The fraction of sp³-hybridized carbons (Fsp3) is 0.435. The van der Waals surface area contributed by atoms with E-state index in [2.05, 4.69) is 10.1 Å². The zero-order valence-corrected chi connectivity index (χ0v) is 18.5. The zero-order valence-electron chi connectivity index (χ0n) is 18.5. The number of carbonyl (C=O) groups is 5. The molecule has 0 saturated heterocycles. The molecule has 3 amide bonds. The Morgan fingerprint density at radius 1 is 1.12 bits per heavy atom. The Kier molecular flexibility index (Phi) is 6.20. The Morgan fingerprint density at radius 2 is 1.69 bits per heavy atom. The number of carbonyl (C=O) groups excluding carboxylic acids is 5. The van der Waals surface area contributed by atoms with Gasteiger partial charge in [0.2, 0.25) is 0 Å². The van der Waals surface area contributed by atoms with Crippen molar-refractivity contribution in [3.05, 3.63) is 47.5 Å². The lowest BCUT2D eigenvalue weighted by Gasteiger charge is -2.24. The standard InChI is InChI=1S/C23H26N2O7/c1-22(2,3)32-21(30)24-16(20(29)31-4)10-7-11-17(26)23(12-13-23)25-18(27)14-8-5-6-9-15(14)19(25)28/h5-10,16H,11-13H2,1-4H3,(H,24,30)/b10-7+. The van der Waals surface area contributed by atoms with Crippen LogP contribution < -0.4 is 5.32 Å². The van der Waals surface area contributed by atoms with Crippen LogP contribution in [0.3, 0.4) is 0 Å². The minimum Gasteiger partial charge on any atom is -0.467 e. The summed E-state index contributed by atoms with van der Waals surface area (Å²) >= 11 is 0. The first kappa shape index (κ1) is 23.2. The number of ether oxygens (including phenoxy) is 2. The Morgan fingerprint density at radius 3 is 2.16 bits per heavy atom. The van der Waals surface area contributed by atoms with Gasteiger partial charge in [0.25, 0.3) is 11.8 Å². The highest BCUT2D eigenvalue weighted by molar-refractivity contribution is 6.24. The van der Waals surface area contributed by atoms with Gasteiger partial charge in [-0.2, -0.15) is 0 Å². The van der Waals surface area contributed by atoms with Crippen molar-refractivity contribution in [2.24, 2.45) is 0 Å². The largest absolute Gasteiger partial charge is 0.467 e. The van der Waals surface area contributed by atoms with Gasteiger partial charge in [-0.1, -0.05) is 24.3 Å². The van der Waals surface area contributed by atoms with Crippen molar-refractivity contribution in [2.45, 2.75) is 57.2 Å². The van der Waals surface area contributed by atoms with Crippen LogP contribution in [0, 0.1) is 0 Å². The summed E-state index contributed by atoms with van der Waals surface area (Å²) in [6.07, 6.45) is 2.58. The summed E-state index contributed by atoms with van der Waals surface area (Å²) in [5, 5.41) is 2.38. The second-order valence-corrected chi connectivity index (χ2v) is 8.73. The van der Waals surface area contributed by atoms with Crippen LogP contribution in [-0.4, -0.2) is 58.9 Å². The van der Waals surface area contributed by atoms with E-state index in [9.17, 15) is 24.0 Å². The number of methoxy groups -OCH3 is 1. The first-order chi connectivity index (χ1) is 15.0. The average Bonchev–Trinajstić information content (AvgIpc) is 3.48. The van der Waals surface area contributed by atoms with Crippen molar-refractivity contribution in [1.82, 2.24) is 10.2 Å². The molecular formula is C23H26N2O7. The minimum absolute atomic E-state index is 0.128. The number of nitrogens with zero attached hydrogens (tertiary/aromatic N) is 1. The van der Waals surface area contributed by atoms with Crippen LogP contribution in [0.15, 0.2) is 36.4 Å². The number of rotatable bonds is 7. The van der Waals surface area contributed by atoms with Crippen LogP contribution in [0.2, 0.25) is 0 Å². The number of hydrogen-bond donors (Lipinski definition) is 1. The number of fused-ring (bicyclic) bond motifs is 1. The van der Waals surface area contributed by atoms with Crippen LogP contribution in [-0.2, 0) is 19.1 Å². The summed E-state index contributed by atoms with van der Waals surface area (Å²) in [7, 11) is 1.17. The second kappa shape index (κ2) is 8.57. The third-order valence-corrected chi connectivity index (χ3v) is 5.22. The van der Waals surface area contributed by atoms with E-state index in [1.54, 1.807) is 45.0 Å². The molecule has 1 aliphatic carbocycles. The molecule has 0 radical (unpaired) electrons. The number of Topliss-reactive ketones (excluding diaryl/α,β-unsaturated/α-hetero) is 1. The molecule has 170 valence electrons. The van der Waals surface area contributed by atoms with Crippen molar-refractivity contribution in [3.8, 4) is 0 Å². The van der Waals surface area contributed by atoms with Crippen LogP contribution in [0.25, 0.3) is 0 Å². The molecule has 2 aliphatic rings. The van der Waals surface area contributed by atoms with Crippen LogP contribution in [0.4, 0.5) is 4.79 Å². The molecule has 1 fully saturated rings. The summed E-state index contributed by atoms with van der Waals surface area (Å²) in [6.45, 7) is 5.05. The first-order valence-corrected chi connectivity index (χ1v) is 10.3. The van der Waals surface area contributed by atoms with Gasteiger partial charge in [0, 0.05) is 6.42 Å². The molecule has 0 spiro atoms. The number of allylic oxidation sites excluding steroid dienone is 1. The van der Waals surface area contributed by atoms with Gasteiger partial charge < -0.3 is 14.8 Å². The topological polar surface area (TPSA) is 119 Å². The second-order valence-electron chi connectivity index (χ2n) is 8.73. The zero-order chi connectivity index (χ0) is 23.7. The summed E-state index contributed by atoms with van der Waals surface area (Å²) in [5.74, 6) is -2.00. The maximum atomic E-state index is 13.0. The quantitative estimate of drug-likeness (QED) is 0.391. The third kappa shape index (κ3) is 4.56. The van der Waals surface area contributed by atoms with Crippen LogP contribution in [0.1, 0.15) is 60.7 Å². The van der Waals surface area contributed by atoms with E-state index < -0.39 is 41.1 Å². The Bertz CT molecular complexity index is 967. The summed E-state index contributed by atoms with van der Waals surface area (Å²) in [5.41, 5.74) is -1.34. The highest BCUT2D eigenvalue weighted by Crippen LogP contribution is 2.47. The number of nitrogens with one attached hydrogen (secondary N) is 1. The van der Waals surface area contributed by atoms with Gasteiger partial charge in [0.1, 0.15) is 17.2 Å². The molecule has 3 rings (SSSR count). The number of hydrogen-bond acceptors (Lipinski definition) is 7. The van der Waals surface area contributed by atoms with E-state index in [1.807, 2.05) is 0 Å². The summed E-state index contributed by atoms with van der Waals surface area (Å²) in [6, 6.07) is 5.32. The maximum absolute atomic E-state index is 13.0. The number of benzene rings is 1. The molecule has 1 aromatic carbocycles. The molecular weight excluding hydrogens is 416 g/mol. The molecule has 1 aromatic rings. The molecule has 9 nitrogen and oxygen atoms in total. The van der Waals surface area contributed by atoms with Crippen LogP contribution in [0.5, 0.6) is 0 Å². The number of ketones is 1. The lowest BCUT2D eigenvalue weighted by Crippen LogP contribution is -2.47. The molecule has 1 heterocycles. The van der Waals surface area contributed by atoms with E-state index in [1.165, 1.54) is 19.3 Å². The van der Waals surface area contributed by atoms with E-state index in [-0.39, 0.29) is 12.2 Å². The molecule has 1 aliphatic heterocycles. The Labute approximate surface area is 185 Å². The van der Waals surface area contributed by atoms with Crippen molar-refractivity contribution < 1.29 is 33.4 Å². The molecule has 1 atom stereocenters. The normalized spacial score (nSPS) is 17.7. The summed E-state index contributed by atoms with van der Waals surface area (Å²) < 4.78 is 9.82. The van der Waals surface area contributed by atoms with Gasteiger partial charge in [-0.15, -0.1) is 0 Å². The van der Waals surface area contributed by atoms with Crippen molar-refractivity contribution in [3.63, 3.8) is 0 Å². The van der Waals surface area contributed by atoms with Gasteiger partial charge in [-0.05, 0) is 45.7 Å². The van der Waals surface area contributed by atoms with E-state index in [0.717, 1.165) is 4.90 Å². The van der Waals surface area contributed by atoms with Gasteiger partial charge in [0.05, 0.1) is 18.2 Å². The monoisotopic (exact) mass is 442 g/mol.